The Balaban J connectivity index is 1.78. The number of hydrogen-bond acceptors (Lipinski definition) is 5. The summed E-state index contributed by atoms with van der Waals surface area (Å²) in [4.78, 5) is 23.8. The summed E-state index contributed by atoms with van der Waals surface area (Å²) in [5, 5.41) is 0. The van der Waals surface area contributed by atoms with Crippen LogP contribution in [0.15, 0.2) is 18.2 Å². The topological polar surface area (TPSA) is 61.8 Å². The van der Waals surface area contributed by atoms with Gasteiger partial charge in [-0.1, -0.05) is 13.8 Å². The minimum Gasteiger partial charge on any atom is -0.493 e. The van der Waals surface area contributed by atoms with Crippen molar-refractivity contribution in [3.05, 3.63) is 29.3 Å². The molecule has 20 heavy (non-hydrogen) atoms. The Labute approximate surface area is 116 Å². The number of carbonyl (C=O) groups excluding carboxylic acids is 2. The van der Waals surface area contributed by atoms with Crippen molar-refractivity contribution in [3.8, 4) is 5.75 Å². The molecule has 5 nitrogen and oxygen atoms in total. The van der Waals surface area contributed by atoms with Crippen molar-refractivity contribution in [2.75, 3.05) is 13.2 Å². The van der Waals surface area contributed by atoms with E-state index < -0.39 is 23.5 Å². The Morgan fingerprint density at radius 1 is 1.35 bits per heavy atom. The average Bonchev–Trinajstić information content (AvgIpc) is 2.97. The predicted octanol–water partition coefficient (Wildman–Crippen LogP) is 1.73. The van der Waals surface area contributed by atoms with Gasteiger partial charge in [0.25, 0.3) is 0 Å². The van der Waals surface area contributed by atoms with Crippen molar-refractivity contribution in [2.45, 2.75) is 26.4 Å². The fraction of sp³-hybridized carbons (Fsp3) is 0.467. The van der Waals surface area contributed by atoms with Crippen LogP contribution in [0, 0.1) is 5.41 Å². The lowest BCUT2D eigenvalue weighted by molar-refractivity contribution is -0.145. The number of carbonyl (C=O) groups is 2. The largest absolute Gasteiger partial charge is 0.493 e. The highest BCUT2D eigenvalue weighted by Gasteiger charge is 2.46. The van der Waals surface area contributed by atoms with E-state index >= 15 is 0 Å². The molecule has 0 aliphatic carbocycles. The summed E-state index contributed by atoms with van der Waals surface area (Å²) in [6.45, 7) is 4.58. The van der Waals surface area contributed by atoms with E-state index in [1.54, 1.807) is 18.2 Å². The first-order valence-corrected chi connectivity index (χ1v) is 6.61. The van der Waals surface area contributed by atoms with Gasteiger partial charge in [0, 0.05) is 11.8 Å². The summed E-state index contributed by atoms with van der Waals surface area (Å²) in [5.74, 6) is -0.174. The van der Waals surface area contributed by atoms with Gasteiger partial charge in [-0.3, -0.25) is 0 Å². The molecule has 3 rings (SSSR count). The molecule has 0 aromatic heterocycles. The molecular weight excluding hydrogens is 260 g/mol. The molecule has 106 valence electrons. The maximum Gasteiger partial charge on any atom is 0.348 e. The summed E-state index contributed by atoms with van der Waals surface area (Å²) >= 11 is 0. The van der Waals surface area contributed by atoms with Gasteiger partial charge in [-0.15, -0.1) is 0 Å². The molecule has 2 aliphatic heterocycles. The zero-order chi connectivity index (χ0) is 14.3. The molecule has 0 bridgehead atoms. The fourth-order valence-corrected chi connectivity index (χ4v) is 2.42. The fourth-order valence-electron chi connectivity index (χ4n) is 2.42. The monoisotopic (exact) mass is 276 g/mol. The van der Waals surface area contributed by atoms with E-state index in [1.165, 1.54) is 0 Å². The maximum absolute atomic E-state index is 12.2. The van der Waals surface area contributed by atoms with Gasteiger partial charge in [-0.25, -0.2) is 9.59 Å². The summed E-state index contributed by atoms with van der Waals surface area (Å²) in [6.07, 6.45) is -0.0625. The number of rotatable bonds is 2. The van der Waals surface area contributed by atoms with E-state index in [-0.39, 0.29) is 6.61 Å². The minimum atomic E-state index is -0.848. The first kappa shape index (κ1) is 13.0. The minimum absolute atomic E-state index is 0.266. The lowest BCUT2D eigenvalue weighted by atomic mass is 9.90. The number of esters is 2. The summed E-state index contributed by atoms with van der Waals surface area (Å²) in [6, 6.07) is 5.18. The van der Waals surface area contributed by atoms with Crippen LogP contribution in [0.25, 0.3) is 0 Å². The highest BCUT2D eigenvalue weighted by atomic mass is 16.6. The molecule has 1 atom stereocenters. The van der Waals surface area contributed by atoms with Gasteiger partial charge < -0.3 is 14.2 Å². The number of fused-ring (bicyclic) bond motifs is 1. The molecule has 1 aromatic carbocycles. The van der Waals surface area contributed by atoms with E-state index in [0.717, 1.165) is 17.7 Å². The molecule has 0 unspecified atom stereocenters. The molecule has 0 amide bonds. The Morgan fingerprint density at radius 3 is 2.85 bits per heavy atom. The molecule has 0 spiro atoms. The summed E-state index contributed by atoms with van der Waals surface area (Å²) in [5.41, 5.74) is 0.935. The quantitative estimate of drug-likeness (QED) is 0.770. The normalized spacial score (nSPS) is 22.9. The average molecular weight is 276 g/mol. The first-order valence-electron chi connectivity index (χ1n) is 6.61. The van der Waals surface area contributed by atoms with Crippen LogP contribution in [0.4, 0.5) is 0 Å². The molecular formula is C15H16O5. The Kier molecular flexibility index (Phi) is 2.92. The van der Waals surface area contributed by atoms with Crippen LogP contribution in [0.3, 0.4) is 0 Å². The lowest BCUT2D eigenvalue weighted by Gasteiger charge is -2.21. The van der Waals surface area contributed by atoms with Crippen LogP contribution in [0.1, 0.15) is 29.8 Å². The Hall–Kier alpha value is -2.04. The van der Waals surface area contributed by atoms with Gasteiger partial charge in [-0.05, 0) is 23.8 Å². The summed E-state index contributed by atoms with van der Waals surface area (Å²) < 4.78 is 15.7. The standard InChI is InChI=1S/C15H16O5/c1-15(2)8-19-14(17)12(15)20-13(16)10-3-4-11-9(7-10)5-6-18-11/h3-4,7,12H,5-6,8H2,1-2H3/t12-/m1/s1. The second-order valence-electron chi connectivity index (χ2n) is 5.80. The molecule has 1 saturated heterocycles. The SMILES string of the molecule is CC1(C)COC(=O)[C@H]1OC(=O)c1ccc2c(c1)CCO2. The third kappa shape index (κ3) is 2.13. The highest BCUT2D eigenvalue weighted by molar-refractivity contribution is 5.92. The number of cyclic esters (lactones) is 1. The maximum atomic E-state index is 12.2. The molecule has 0 saturated carbocycles. The van der Waals surface area contributed by atoms with Crippen molar-refractivity contribution in [1.29, 1.82) is 0 Å². The molecule has 0 N–H and O–H groups in total. The van der Waals surface area contributed by atoms with Crippen LogP contribution in [0.5, 0.6) is 5.75 Å². The first-order chi connectivity index (χ1) is 9.47. The third-order valence-corrected chi connectivity index (χ3v) is 3.66. The molecule has 1 fully saturated rings. The third-order valence-electron chi connectivity index (χ3n) is 3.66. The van der Waals surface area contributed by atoms with Crippen molar-refractivity contribution in [3.63, 3.8) is 0 Å². The second-order valence-corrected chi connectivity index (χ2v) is 5.80. The van der Waals surface area contributed by atoms with Gasteiger partial charge in [0.15, 0.2) is 0 Å². The number of benzene rings is 1. The van der Waals surface area contributed by atoms with Crippen molar-refractivity contribution in [2.24, 2.45) is 5.41 Å². The molecule has 2 heterocycles. The molecule has 1 aromatic rings. The predicted molar refractivity (Wildman–Crippen MR) is 69.6 cm³/mol. The highest BCUT2D eigenvalue weighted by Crippen LogP contribution is 2.32. The lowest BCUT2D eigenvalue weighted by Crippen LogP contribution is -2.34. The number of hydrogen-bond donors (Lipinski definition) is 0. The van der Waals surface area contributed by atoms with Gasteiger partial charge in [0.05, 0.1) is 12.2 Å². The van der Waals surface area contributed by atoms with Gasteiger partial charge in [-0.2, -0.15) is 0 Å². The smallest absolute Gasteiger partial charge is 0.348 e. The van der Waals surface area contributed by atoms with Gasteiger partial charge >= 0.3 is 11.9 Å². The van der Waals surface area contributed by atoms with E-state index in [0.29, 0.717) is 12.2 Å². The van der Waals surface area contributed by atoms with Gasteiger partial charge in [0.2, 0.25) is 6.10 Å². The van der Waals surface area contributed by atoms with E-state index in [2.05, 4.69) is 0 Å². The second kappa shape index (κ2) is 4.51. The van der Waals surface area contributed by atoms with Crippen molar-refractivity contribution < 1.29 is 23.8 Å². The van der Waals surface area contributed by atoms with Crippen LogP contribution in [0.2, 0.25) is 0 Å². The molecule has 5 heteroatoms. The van der Waals surface area contributed by atoms with Crippen molar-refractivity contribution in [1.82, 2.24) is 0 Å². The zero-order valence-corrected chi connectivity index (χ0v) is 11.5. The Morgan fingerprint density at radius 2 is 2.15 bits per heavy atom. The van der Waals surface area contributed by atoms with Crippen molar-refractivity contribution >= 4 is 11.9 Å². The zero-order valence-electron chi connectivity index (χ0n) is 11.5. The van der Waals surface area contributed by atoms with Crippen LogP contribution in [-0.4, -0.2) is 31.3 Å². The van der Waals surface area contributed by atoms with Crippen LogP contribution >= 0.6 is 0 Å². The van der Waals surface area contributed by atoms with E-state index in [9.17, 15) is 9.59 Å². The van der Waals surface area contributed by atoms with Gasteiger partial charge in [0.1, 0.15) is 12.4 Å². The van der Waals surface area contributed by atoms with E-state index in [4.69, 9.17) is 14.2 Å². The Bertz CT molecular complexity index is 576. The molecule has 2 aliphatic rings. The van der Waals surface area contributed by atoms with E-state index in [1.807, 2.05) is 13.8 Å². The van der Waals surface area contributed by atoms with Crippen LogP contribution in [-0.2, 0) is 20.7 Å². The number of ether oxygens (including phenoxy) is 3. The summed E-state index contributed by atoms with van der Waals surface area (Å²) in [7, 11) is 0. The molecule has 0 radical (unpaired) electrons. The van der Waals surface area contributed by atoms with Crippen LogP contribution < -0.4 is 4.74 Å².